The molecule has 0 unspecified atom stereocenters. The van der Waals surface area contributed by atoms with Crippen molar-refractivity contribution < 1.29 is 9.59 Å². The van der Waals surface area contributed by atoms with Gasteiger partial charge in [-0.25, -0.2) is 4.98 Å². The van der Waals surface area contributed by atoms with Crippen molar-refractivity contribution in [3.63, 3.8) is 0 Å². The summed E-state index contributed by atoms with van der Waals surface area (Å²) in [6.45, 7) is 0.549. The molecule has 0 atom stereocenters. The lowest BCUT2D eigenvalue weighted by molar-refractivity contribution is 0.0927. The Hall–Kier alpha value is -1.63. The van der Waals surface area contributed by atoms with Gasteiger partial charge in [-0.3, -0.25) is 9.59 Å². The summed E-state index contributed by atoms with van der Waals surface area (Å²) in [5.41, 5.74) is 0.769. The van der Waals surface area contributed by atoms with E-state index in [0.29, 0.717) is 15.1 Å². The van der Waals surface area contributed by atoms with Gasteiger partial charge in [0.1, 0.15) is 5.15 Å². The van der Waals surface area contributed by atoms with Crippen molar-refractivity contribution in [2.45, 2.75) is 0 Å². The van der Waals surface area contributed by atoms with E-state index in [4.69, 9.17) is 23.2 Å². The van der Waals surface area contributed by atoms with Crippen LogP contribution in [-0.4, -0.2) is 29.9 Å². The Morgan fingerprint density at radius 3 is 2.30 bits per heavy atom. The van der Waals surface area contributed by atoms with Crippen LogP contribution in [0.1, 0.15) is 20.7 Å². The summed E-state index contributed by atoms with van der Waals surface area (Å²) in [6.07, 6.45) is 1.51. The van der Waals surface area contributed by atoms with Gasteiger partial charge >= 0.3 is 0 Å². The molecule has 0 aliphatic rings. The molecule has 1 aromatic heterocycles. The molecule has 23 heavy (non-hydrogen) atoms. The number of carbonyl (C=O) groups is 2. The van der Waals surface area contributed by atoms with Crippen LogP contribution >= 0.6 is 39.1 Å². The first-order valence-electron chi connectivity index (χ1n) is 6.60. The fourth-order valence-electron chi connectivity index (χ4n) is 1.73. The molecule has 0 radical (unpaired) electrons. The number of carbonyl (C=O) groups excluding carboxylic acids is 2. The normalized spacial score (nSPS) is 10.2. The van der Waals surface area contributed by atoms with Gasteiger partial charge in [-0.2, -0.15) is 0 Å². The van der Waals surface area contributed by atoms with Gasteiger partial charge in [-0.05, 0) is 46.3 Å². The Kier molecular flexibility index (Phi) is 6.38. The van der Waals surface area contributed by atoms with Crippen LogP contribution < -0.4 is 10.6 Å². The van der Waals surface area contributed by atoms with Crippen LogP contribution in [0.15, 0.2) is 41.0 Å². The summed E-state index contributed by atoms with van der Waals surface area (Å²) in [5, 5.41) is 6.04. The zero-order valence-electron chi connectivity index (χ0n) is 11.8. The summed E-state index contributed by atoms with van der Waals surface area (Å²) >= 11 is 14.9. The maximum absolute atomic E-state index is 12.0. The van der Waals surface area contributed by atoms with Crippen LogP contribution in [0.5, 0.6) is 0 Å². The molecule has 8 heteroatoms. The van der Waals surface area contributed by atoms with E-state index >= 15 is 0 Å². The molecule has 0 saturated heterocycles. The van der Waals surface area contributed by atoms with Gasteiger partial charge in [0.2, 0.25) is 0 Å². The van der Waals surface area contributed by atoms with E-state index in [1.807, 2.05) is 0 Å². The summed E-state index contributed by atoms with van der Waals surface area (Å²) in [6, 6.07) is 8.12. The van der Waals surface area contributed by atoms with Crippen LogP contribution in [0, 0.1) is 0 Å². The lowest BCUT2D eigenvalue weighted by Gasteiger charge is -2.08. The highest BCUT2D eigenvalue weighted by Crippen LogP contribution is 2.17. The van der Waals surface area contributed by atoms with Crippen molar-refractivity contribution in [1.29, 1.82) is 0 Å². The second-order valence-corrected chi connectivity index (χ2v) is 6.22. The third-order valence-corrected chi connectivity index (χ3v) is 3.84. The molecule has 1 heterocycles. The molecular weight excluding hydrogens is 405 g/mol. The molecule has 2 N–H and O–H groups in total. The van der Waals surface area contributed by atoms with Crippen molar-refractivity contribution in [2.24, 2.45) is 0 Å². The molecule has 1 aromatic carbocycles. The minimum absolute atomic E-state index is 0.121. The Labute approximate surface area is 151 Å². The number of pyridine rings is 1. The number of hydrogen-bond donors (Lipinski definition) is 2. The molecule has 0 fully saturated rings. The van der Waals surface area contributed by atoms with Crippen LogP contribution in [0.2, 0.25) is 10.2 Å². The van der Waals surface area contributed by atoms with Crippen LogP contribution in [-0.2, 0) is 0 Å². The molecule has 0 aliphatic heterocycles. The first-order chi connectivity index (χ1) is 11.0. The molecule has 0 aliphatic carbocycles. The van der Waals surface area contributed by atoms with Crippen LogP contribution in [0.25, 0.3) is 0 Å². The fraction of sp³-hybridized carbons (Fsp3) is 0.133. The van der Waals surface area contributed by atoms with E-state index in [-0.39, 0.29) is 35.6 Å². The van der Waals surface area contributed by atoms with Crippen LogP contribution in [0.3, 0.4) is 0 Å². The highest BCUT2D eigenvalue weighted by Gasteiger charge is 2.11. The first-order valence-corrected chi connectivity index (χ1v) is 8.15. The van der Waals surface area contributed by atoms with E-state index in [1.54, 1.807) is 30.3 Å². The summed E-state index contributed by atoms with van der Waals surface area (Å²) in [4.78, 5) is 27.7. The number of amides is 2. The summed E-state index contributed by atoms with van der Waals surface area (Å²) < 4.78 is 0.656. The second kappa shape index (κ2) is 8.29. The monoisotopic (exact) mass is 415 g/mol. The Morgan fingerprint density at radius 1 is 1.04 bits per heavy atom. The zero-order valence-corrected chi connectivity index (χ0v) is 14.9. The molecule has 2 amide bonds. The minimum Gasteiger partial charge on any atom is -0.350 e. The van der Waals surface area contributed by atoms with Crippen molar-refractivity contribution in [2.75, 3.05) is 13.1 Å². The highest BCUT2D eigenvalue weighted by molar-refractivity contribution is 9.10. The van der Waals surface area contributed by atoms with Crippen LogP contribution in [0.4, 0.5) is 0 Å². The number of benzene rings is 1. The van der Waals surface area contributed by atoms with E-state index in [2.05, 4.69) is 31.5 Å². The zero-order chi connectivity index (χ0) is 16.8. The summed E-state index contributed by atoms with van der Waals surface area (Å²) in [5.74, 6) is -0.595. The van der Waals surface area contributed by atoms with Crippen molar-refractivity contribution in [3.8, 4) is 0 Å². The molecule has 2 aromatic rings. The lowest BCUT2D eigenvalue weighted by atomic mass is 10.2. The molecule has 120 valence electrons. The van der Waals surface area contributed by atoms with E-state index in [0.717, 1.165) is 0 Å². The number of halogens is 3. The Morgan fingerprint density at radius 2 is 1.65 bits per heavy atom. The number of nitrogens with one attached hydrogen (secondary N) is 2. The topological polar surface area (TPSA) is 71.1 Å². The smallest absolute Gasteiger partial charge is 0.254 e. The predicted molar refractivity (Wildman–Crippen MR) is 93.1 cm³/mol. The maximum atomic E-state index is 12.0. The largest absolute Gasteiger partial charge is 0.350 e. The summed E-state index contributed by atoms with van der Waals surface area (Å²) in [7, 11) is 0. The average Bonchev–Trinajstić information content (AvgIpc) is 2.54. The Balaban J connectivity index is 1.81. The van der Waals surface area contributed by atoms with Gasteiger partial charge in [-0.15, -0.1) is 0 Å². The fourth-order valence-corrected chi connectivity index (χ4v) is 2.38. The third kappa shape index (κ3) is 5.20. The van der Waals surface area contributed by atoms with Gasteiger partial charge in [-0.1, -0.05) is 23.2 Å². The average molecular weight is 417 g/mol. The SMILES string of the molecule is O=C(NCCNC(=O)c1cc(Br)cnc1Cl)c1ccc(Cl)cc1. The molecule has 0 bridgehead atoms. The molecular formula is C15H12BrCl2N3O2. The number of nitrogens with zero attached hydrogens (tertiary/aromatic N) is 1. The first kappa shape index (κ1) is 17.7. The van der Waals surface area contributed by atoms with Crippen molar-refractivity contribution in [3.05, 3.63) is 62.3 Å². The second-order valence-electron chi connectivity index (χ2n) is 4.51. The van der Waals surface area contributed by atoms with Gasteiger partial charge in [0.25, 0.3) is 11.8 Å². The van der Waals surface area contributed by atoms with E-state index < -0.39 is 0 Å². The number of aromatic nitrogens is 1. The van der Waals surface area contributed by atoms with E-state index in [9.17, 15) is 9.59 Å². The van der Waals surface area contributed by atoms with E-state index in [1.165, 1.54) is 6.20 Å². The quantitative estimate of drug-likeness (QED) is 0.580. The Bertz CT molecular complexity index is 723. The third-order valence-electron chi connectivity index (χ3n) is 2.85. The molecule has 2 rings (SSSR count). The van der Waals surface area contributed by atoms with Gasteiger partial charge < -0.3 is 10.6 Å². The maximum Gasteiger partial charge on any atom is 0.254 e. The van der Waals surface area contributed by atoms with Gasteiger partial charge in [0.15, 0.2) is 0 Å². The van der Waals surface area contributed by atoms with Gasteiger partial charge in [0, 0.05) is 34.3 Å². The lowest BCUT2D eigenvalue weighted by Crippen LogP contribution is -2.34. The number of hydrogen-bond acceptors (Lipinski definition) is 3. The molecule has 0 spiro atoms. The van der Waals surface area contributed by atoms with Crippen molar-refractivity contribution >= 4 is 50.9 Å². The number of rotatable bonds is 5. The molecule has 5 nitrogen and oxygen atoms in total. The highest BCUT2D eigenvalue weighted by atomic mass is 79.9. The molecule has 0 saturated carbocycles. The van der Waals surface area contributed by atoms with Gasteiger partial charge in [0.05, 0.1) is 5.56 Å². The standard InChI is InChI=1S/C15H12BrCl2N3O2/c16-10-7-12(13(18)21-8-10)15(23)20-6-5-19-14(22)9-1-3-11(17)4-2-9/h1-4,7-8H,5-6H2,(H,19,22)(H,20,23). The predicted octanol–water partition coefficient (Wildman–Crippen LogP) is 3.31. The van der Waals surface area contributed by atoms with Crippen molar-refractivity contribution in [1.82, 2.24) is 15.6 Å². The minimum atomic E-state index is -0.357.